The molecule has 0 unspecified atom stereocenters. The van der Waals surface area contributed by atoms with Gasteiger partial charge in [0.25, 0.3) is 0 Å². The normalized spacial score (nSPS) is 21.1. The molecule has 128 valence electrons. The first-order valence-electron chi connectivity index (χ1n) is 8.80. The van der Waals surface area contributed by atoms with Crippen LogP contribution < -0.4 is 0 Å². The molecule has 1 aliphatic rings. The van der Waals surface area contributed by atoms with E-state index in [1.807, 2.05) is 30.5 Å². The summed E-state index contributed by atoms with van der Waals surface area (Å²) in [7, 11) is 0. The molecule has 0 amide bonds. The Hall–Kier alpha value is -1.91. The van der Waals surface area contributed by atoms with Crippen LogP contribution in [0.25, 0.3) is 0 Å². The second-order valence-electron chi connectivity index (χ2n) is 6.67. The molecule has 1 aliphatic carbocycles. The number of phenolic OH excluding ortho intramolecular Hbond substituents is 1. The minimum absolute atomic E-state index is 0.139. The number of rotatable bonds is 6. The minimum Gasteiger partial charge on any atom is -0.508 e. The highest BCUT2D eigenvalue weighted by Gasteiger charge is 2.25. The number of nitrogens with zero attached hydrogens (tertiary/aromatic N) is 2. The van der Waals surface area contributed by atoms with Crippen molar-refractivity contribution in [2.45, 2.75) is 50.8 Å². The Morgan fingerprint density at radius 2 is 1.88 bits per heavy atom. The number of hydrogen-bond donors (Lipinski definition) is 2. The molecule has 1 aromatic heterocycles. The lowest BCUT2D eigenvalue weighted by atomic mass is 9.91. The quantitative estimate of drug-likeness (QED) is 0.856. The van der Waals surface area contributed by atoms with Crippen LogP contribution in [0.3, 0.4) is 0 Å². The van der Waals surface area contributed by atoms with E-state index in [-0.39, 0.29) is 6.10 Å². The van der Waals surface area contributed by atoms with Crippen molar-refractivity contribution < 1.29 is 10.2 Å². The molecule has 2 aromatic rings. The monoisotopic (exact) mass is 326 g/mol. The molecule has 1 fully saturated rings. The summed E-state index contributed by atoms with van der Waals surface area (Å²) < 4.78 is 0. The van der Waals surface area contributed by atoms with Crippen molar-refractivity contribution in [3.8, 4) is 5.75 Å². The molecular weight excluding hydrogens is 300 g/mol. The molecule has 0 aliphatic heterocycles. The molecule has 1 saturated carbocycles. The number of aromatic nitrogens is 1. The molecule has 3 rings (SSSR count). The third kappa shape index (κ3) is 4.79. The van der Waals surface area contributed by atoms with Crippen LogP contribution in [0, 0.1) is 0 Å². The zero-order chi connectivity index (χ0) is 16.8. The van der Waals surface area contributed by atoms with Crippen molar-refractivity contribution in [3.63, 3.8) is 0 Å². The Balaban J connectivity index is 1.68. The highest BCUT2D eigenvalue weighted by molar-refractivity contribution is 5.27. The van der Waals surface area contributed by atoms with Gasteiger partial charge >= 0.3 is 0 Å². The number of hydrogen-bond acceptors (Lipinski definition) is 4. The smallest absolute Gasteiger partial charge is 0.115 e. The van der Waals surface area contributed by atoms with E-state index < -0.39 is 0 Å². The molecule has 0 radical (unpaired) electrons. The van der Waals surface area contributed by atoms with Gasteiger partial charge in [0.1, 0.15) is 5.75 Å². The number of benzene rings is 1. The van der Waals surface area contributed by atoms with Gasteiger partial charge in [0.15, 0.2) is 0 Å². The van der Waals surface area contributed by atoms with Crippen LogP contribution in [0.15, 0.2) is 48.7 Å². The van der Waals surface area contributed by atoms with E-state index in [9.17, 15) is 10.2 Å². The molecular formula is C20H26N2O2. The fraction of sp³-hybridized carbons (Fsp3) is 0.450. The lowest BCUT2D eigenvalue weighted by Crippen LogP contribution is -2.39. The second kappa shape index (κ2) is 8.27. The van der Waals surface area contributed by atoms with Gasteiger partial charge in [0, 0.05) is 37.4 Å². The summed E-state index contributed by atoms with van der Waals surface area (Å²) in [6.07, 6.45) is 6.43. The van der Waals surface area contributed by atoms with Crippen molar-refractivity contribution in [1.29, 1.82) is 0 Å². The number of pyridine rings is 1. The fourth-order valence-electron chi connectivity index (χ4n) is 3.51. The first-order valence-corrected chi connectivity index (χ1v) is 8.80. The van der Waals surface area contributed by atoms with E-state index >= 15 is 0 Å². The van der Waals surface area contributed by atoms with Crippen molar-refractivity contribution in [2.24, 2.45) is 0 Å². The van der Waals surface area contributed by atoms with Gasteiger partial charge in [-0.3, -0.25) is 9.88 Å². The number of phenols is 1. The zero-order valence-electron chi connectivity index (χ0n) is 14.0. The summed E-state index contributed by atoms with van der Waals surface area (Å²) in [4.78, 5) is 6.90. The Morgan fingerprint density at radius 1 is 1.04 bits per heavy atom. The summed E-state index contributed by atoms with van der Waals surface area (Å²) in [5, 5.41) is 19.5. The van der Waals surface area contributed by atoms with Crippen LogP contribution in [0.2, 0.25) is 0 Å². The van der Waals surface area contributed by atoms with Crippen LogP contribution in [0.5, 0.6) is 5.75 Å². The average molecular weight is 326 g/mol. The van der Waals surface area contributed by atoms with Gasteiger partial charge in [-0.15, -0.1) is 0 Å². The number of aliphatic hydroxyl groups is 1. The van der Waals surface area contributed by atoms with Crippen LogP contribution >= 0.6 is 0 Å². The Morgan fingerprint density at radius 3 is 2.58 bits per heavy atom. The lowest BCUT2D eigenvalue weighted by Gasteiger charge is -2.36. The van der Waals surface area contributed by atoms with Gasteiger partial charge < -0.3 is 10.2 Å². The zero-order valence-corrected chi connectivity index (χ0v) is 14.0. The third-order valence-corrected chi connectivity index (χ3v) is 4.86. The van der Waals surface area contributed by atoms with E-state index in [1.165, 1.54) is 0 Å². The lowest BCUT2D eigenvalue weighted by molar-refractivity contribution is 0.0706. The van der Waals surface area contributed by atoms with Gasteiger partial charge in [-0.1, -0.05) is 18.2 Å². The average Bonchev–Trinajstić information content (AvgIpc) is 2.60. The molecule has 0 bridgehead atoms. The summed E-state index contributed by atoms with van der Waals surface area (Å²) in [5.74, 6) is 0.316. The van der Waals surface area contributed by atoms with Crippen molar-refractivity contribution in [3.05, 3.63) is 59.9 Å². The van der Waals surface area contributed by atoms with Crippen molar-refractivity contribution in [1.82, 2.24) is 9.88 Å². The Labute approximate surface area is 143 Å². The summed E-state index contributed by atoms with van der Waals surface area (Å²) in [5.41, 5.74) is 2.23. The van der Waals surface area contributed by atoms with Gasteiger partial charge in [-0.25, -0.2) is 0 Å². The molecule has 1 heterocycles. The maximum absolute atomic E-state index is 9.78. The van der Waals surface area contributed by atoms with Gasteiger partial charge in [-0.05, 0) is 55.5 Å². The van der Waals surface area contributed by atoms with E-state index in [1.54, 1.807) is 6.07 Å². The van der Waals surface area contributed by atoms with E-state index in [4.69, 9.17) is 0 Å². The van der Waals surface area contributed by atoms with Gasteiger partial charge in [-0.2, -0.15) is 0 Å². The molecule has 1 aromatic carbocycles. The predicted octanol–water partition coefficient (Wildman–Crippen LogP) is 3.14. The molecule has 0 saturated heterocycles. The summed E-state index contributed by atoms with van der Waals surface area (Å²) in [6.45, 7) is 1.76. The number of aliphatic hydroxyl groups excluding tert-OH is 1. The maximum atomic E-state index is 9.78. The highest BCUT2D eigenvalue weighted by atomic mass is 16.3. The Bertz CT molecular complexity index is 625. The first-order chi connectivity index (χ1) is 11.7. The third-order valence-electron chi connectivity index (χ3n) is 4.86. The first kappa shape index (κ1) is 16.9. The van der Waals surface area contributed by atoms with Gasteiger partial charge in [0.2, 0.25) is 0 Å². The molecule has 4 heteroatoms. The van der Waals surface area contributed by atoms with Gasteiger partial charge in [0.05, 0.1) is 6.10 Å². The minimum atomic E-state index is -0.139. The predicted molar refractivity (Wildman–Crippen MR) is 94.7 cm³/mol. The van der Waals surface area contributed by atoms with Crippen molar-refractivity contribution in [2.75, 3.05) is 6.54 Å². The topological polar surface area (TPSA) is 56.6 Å². The Kier molecular flexibility index (Phi) is 5.83. The standard InChI is InChI=1S/C20H26N2O2/c23-19-9-7-18(8-10-19)22(13-11-17-5-1-2-12-21-17)15-16-4-3-6-20(24)14-16/h1-6,12,14,18-19,23-24H,7-11,13,15H2. The van der Waals surface area contributed by atoms with E-state index in [0.29, 0.717) is 11.8 Å². The van der Waals surface area contributed by atoms with Crippen LogP contribution in [-0.4, -0.2) is 38.8 Å². The summed E-state index contributed by atoms with van der Waals surface area (Å²) in [6, 6.07) is 14.0. The second-order valence-corrected chi connectivity index (χ2v) is 6.67. The van der Waals surface area contributed by atoms with E-state index in [0.717, 1.165) is 56.5 Å². The maximum Gasteiger partial charge on any atom is 0.115 e. The molecule has 4 nitrogen and oxygen atoms in total. The molecule has 24 heavy (non-hydrogen) atoms. The van der Waals surface area contributed by atoms with Crippen LogP contribution in [-0.2, 0) is 13.0 Å². The highest BCUT2D eigenvalue weighted by Crippen LogP contribution is 2.25. The SMILES string of the molecule is Oc1cccc(CN(CCc2ccccn2)C2CCC(O)CC2)c1. The number of aromatic hydroxyl groups is 1. The molecule has 2 N–H and O–H groups in total. The van der Waals surface area contributed by atoms with Crippen LogP contribution in [0.4, 0.5) is 0 Å². The van der Waals surface area contributed by atoms with E-state index in [2.05, 4.69) is 22.0 Å². The molecule has 0 atom stereocenters. The largest absolute Gasteiger partial charge is 0.508 e. The van der Waals surface area contributed by atoms with Crippen LogP contribution in [0.1, 0.15) is 36.9 Å². The molecule has 0 spiro atoms. The fourth-order valence-corrected chi connectivity index (χ4v) is 3.51. The van der Waals surface area contributed by atoms with Crippen molar-refractivity contribution >= 4 is 0 Å². The summed E-state index contributed by atoms with van der Waals surface area (Å²) >= 11 is 0.